The molecule has 6 nitrogen and oxygen atoms in total. The van der Waals surface area contributed by atoms with Crippen LogP contribution < -0.4 is 5.32 Å². The van der Waals surface area contributed by atoms with Crippen molar-refractivity contribution >= 4 is 22.4 Å². The van der Waals surface area contributed by atoms with E-state index in [4.69, 9.17) is 0 Å². The minimum absolute atomic E-state index is 0.0897. The lowest BCUT2D eigenvalue weighted by Crippen LogP contribution is -1.98. The van der Waals surface area contributed by atoms with Crippen molar-refractivity contribution in [2.75, 3.05) is 5.32 Å². The van der Waals surface area contributed by atoms with E-state index in [-0.39, 0.29) is 5.69 Å². The fraction of sp³-hybridized carbons (Fsp3) is 0.0714. The van der Waals surface area contributed by atoms with Crippen molar-refractivity contribution in [2.24, 2.45) is 0 Å². The molecular formula is C14H12N4O2. The number of aromatic amines is 1. The number of anilines is 1. The monoisotopic (exact) mass is 268 g/mol. The normalized spacial score (nSPS) is 10.6. The number of non-ortho nitro benzene ring substituents is 1. The van der Waals surface area contributed by atoms with Crippen LogP contribution in [0.25, 0.3) is 11.0 Å². The summed E-state index contributed by atoms with van der Waals surface area (Å²) in [6.45, 7) is 0.628. The lowest BCUT2D eigenvalue weighted by atomic mass is 10.2. The zero-order valence-electron chi connectivity index (χ0n) is 10.5. The molecule has 0 saturated heterocycles. The first kappa shape index (κ1) is 12.2. The minimum Gasteiger partial charge on any atom is -0.381 e. The number of pyridine rings is 1. The summed E-state index contributed by atoms with van der Waals surface area (Å²) >= 11 is 0. The standard InChI is InChI=1S/C14H12N4O2/c19-18(20)12-5-3-11(4-6-12)16-8-10-9-17-14-13(10)2-1-7-15-14/h1-7,9,16H,8H2,(H,15,17). The molecule has 3 rings (SSSR count). The van der Waals surface area contributed by atoms with Crippen LogP contribution in [-0.4, -0.2) is 14.9 Å². The van der Waals surface area contributed by atoms with Crippen LogP contribution in [-0.2, 0) is 6.54 Å². The summed E-state index contributed by atoms with van der Waals surface area (Å²) in [5.41, 5.74) is 2.89. The van der Waals surface area contributed by atoms with Crippen LogP contribution in [0.1, 0.15) is 5.56 Å². The van der Waals surface area contributed by atoms with Gasteiger partial charge in [0.15, 0.2) is 0 Å². The molecule has 0 aliphatic rings. The van der Waals surface area contributed by atoms with E-state index in [9.17, 15) is 10.1 Å². The number of H-pyrrole nitrogens is 1. The van der Waals surface area contributed by atoms with Gasteiger partial charge in [0.1, 0.15) is 5.65 Å². The van der Waals surface area contributed by atoms with Crippen LogP contribution in [0.2, 0.25) is 0 Å². The molecule has 3 aromatic rings. The van der Waals surface area contributed by atoms with E-state index in [2.05, 4.69) is 15.3 Å². The van der Waals surface area contributed by atoms with Gasteiger partial charge in [0.05, 0.1) is 4.92 Å². The van der Waals surface area contributed by atoms with Gasteiger partial charge < -0.3 is 10.3 Å². The third kappa shape index (κ3) is 2.31. The van der Waals surface area contributed by atoms with Crippen LogP contribution in [0.3, 0.4) is 0 Å². The number of benzene rings is 1. The Labute approximate surface area is 114 Å². The zero-order chi connectivity index (χ0) is 13.9. The molecule has 0 amide bonds. The predicted molar refractivity (Wildman–Crippen MR) is 76.5 cm³/mol. The molecule has 0 spiro atoms. The first-order valence-electron chi connectivity index (χ1n) is 6.13. The van der Waals surface area contributed by atoms with E-state index >= 15 is 0 Å². The SMILES string of the molecule is O=[N+]([O-])c1ccc(NCc2c[nH]c3ncccc23)cc1. The van der Waals surface area contributed by atoms with Crippen molar-refractivity contribution in [2.45, 2.75) is 6.54 Å². The largest absolute Gasteiger partial charge is 0.381 e. The lowest BCUT2D eigenvalue weighted by Gasteiger charge is -2.05. The van der Waals surface area contributed by atoms with E-state index in [1.165, 1.54) is 12.1 Å². The molecule has 0 saturated carbocycles. The van der Waals surface area contributed by atoms with Gasteiger partial charge in [-0.3, -0.25) is 10.1 Å². The maximum Gasteiger partial charge on any atom is 0.269 e. The molecular weight excluding hydrogens is 256 g/mol. The van der Waals surface area contributed by atoms with Gasteiger partial charge in [0.25, 0.3) is 5.69 Å². The Morgan fingerprint density at radius 1 is 1.25 bits per heavy atom. The average Bonchev–Trinajstić information content (AvgIpc) is 2.89. The van der Waals surface area contributed by atoms with Gasteiger partial charge in [-0.15, -0.1) is 0 Å². The molecule has 0 aliphatic carbocycles. The van der Waals surface area contributed by atoms with E-state index in [0.29, 0.717) is 6.54 Å². The van der Waals surface area contributed by atoms with Gasteiger partial charge in [-0.25, -0.2) is 4.98 Å². The number of rotatable bonds is 4. The van der Waals surface area contributed by atoms with Crippen molar-refractivity contribution in [3.63, 3.8) is 0 Å². The molecule has 2 heterocycles. The highest BCUT2D eigenvalue weighted by molar-refractivity contribution is 5.79. The maximum absolute atomic E-state index is 10.6. The third-order valence-corrected chi connectivity index (χ3v) is 3.10. The van der Waals surface area contributed by atoms with Crippen LogP contribution in [0.5, 0.6) is 0 Å². The molecule has 2 N–H and O–H groups in total. The predicted octanol–water partition coefficient (Wildman–Crippen LogP) is 3.08. The van der Waals surface area contributed by atoms with E-state index in [1.807, 2.05) is 18.3 Å². The Balaban J connectivity index is 1.74. The Bertz CT molecular complexity index is 749. The minimum atomic E-state index is -0.408. The molecule has 2 aromatic heterocycles. The van der Waals surface area contributed by atoms with E-state index < -0.39 is 4.92 Å². The molecule has 1 aromatic carbocycles. The maximum atomic E-state index is 10.6. The molecule has 0 fully saturated rings. The van der Waals surface area contributed by atoms with E-state index in [0.717, 1.165) is 22.3 Å². The number of hydrogen-bond donors (Lipinski definition) is 2. The molecule has 0 radical (unpaired) electrons. The Morgan fingerprint density at radius 3 is 2.80 bits per heavy atom. The third-order valence-electron chi connectivity index (χ3n) is 3.10. The number of fused-ring (bicyclic) bond motifs is 1. The van der Waals surface area contributed by atoms with Crippen molar-refractivity contribution in [1.82, 2.24) is 9.97 Å². The molecule has 20 heavy (non-hydrogen) atoms. The fourth-order valence-corrected chi connectivity index (χ4v) is 2.06. The average molecular weight is 268 g/mol. The van der Waals surface area contributed by atoms with Crippen molar-refractivity contribution in [3.05, 3.63) is 64.5 Å². The molecule has 0 atom stereocenters. The Hall–Kier alpha value is -2.89. The topological polar surface area (TPSA) is 83.9 Å². The summed E-state index contributed by atoms with van der Waals surface area (Å²) in [5, 5.41) is 14.9. The number of aromatic nitrogens is 2. The van der Waals surface area contributed by atoms with Gasteiger partial charge in [0.2, 0.25) is 0 Å². The second kappa shape index (κ2) is 5.00. The number of nitrogens with one attached hydrogen (secondary N) is 2. The van der Waals surface area contributed by atoms with Gasteiger partial charge in [0, 0.05) is 42.1 Å². The number of hydrogen-bond acceptors (Lipinski definition) is 4. The summed E-state index contributed by atoms with van der Waals surface area (Å²) in [6, 6.07) is 10.3. The second-order valence-electron chi connectivity index (χ2n) is 4.37. The van der Waals surface area contributed by atoms with Crippen LogP contribution in [0.15, 0.2) is 48.8 Å². The molecule has 100 valence electrons. The van der Waals surface area contributed by atoms with E-state index in [1.54, 1.807) is 18.3 Å². The number of nitro groups is 1. The summed E-state index contributed by atoms with van der Waals surface area (Å²) in [7, 11) is 0. The van der Waals surface area contributed by atoms with Crippen LogP contribution >= 0.6 is 0 Å². The molecule has 0 aliphatic heterocycles. The first-order valence-corrected chi connectivity index (χ1v) is 6.13. The highest BCUT2D eigenvalue weighted by atomic mass is 16.6. The van der Waals surface area contributed by atoms with Crippen LogP contribution in [0, 0.1) is 10.1 Å². The van der Waals surface area contributed by atoms with Gasteiger partial charge in [-0.2, -0.15) is 0 Å². The second-order valence-corrected chi connectivity index (χ2v) is 4.37. The Kier molecular flexibility index (Phi) is 3.04. The van der Waals surface area contributed by atoms with Gasteiger partial charge in [-0.1, -0.05) is 0 Å². The molecule has 6 heteroatoms. The summed E-state index contributed by atoms with van der Waals surface area (Å²) < 4.78 is 0. The Morgan fingerprint density at radius 2 is 2.05 bits per heavy atom. The number of nitrogens with zero attached hydrogens (tertiary/aromatic N) is 2. The van der Waals surface area contributed by atoms with Crippen LogP contribution in [0.4, 0.5) is 11.4 Å². The quantitative estimate of drug-likeness (QED) is 0.562. The highest BCUT2D eigenvalue weighted by Crippen LogP contribution is 2.19. The first-order chi connectivity index (χ1) is 9.74. The smallest absolute Gasteiger partial charge is 0.269 e. The highest BCUT2D eigenvalue weighted by Gasteiger charge is 2.05. The van der Waals surface area contributed by atoms with Gasteiger partial charge >= 0.3 is 0 Å². The molecule has 0 bridgehead atoms. The lowest BCUT2D eigenvalue weighted by molar-refractivity contribution is -0.384. The number of nitro benzene ring substituents is 1. The summed E-state index contributed by atoms with van der Waals surface area (Å²) in [4.78, 5) is 17.5. The van der Waals surface area contributed by atoms with Crippen molar-refractivity contribution < 1.29 is 4.92 Å². The summed E-state index contributed by atoms with van der Waals surface area (Å²) in [6.07, 6.45) is 3.66. The van der Waals surface area contributed by atoms with Gasteiger partial charge in [-0.05, 0) is 29.8 Å². The van der Waals surface area contributed by atoms with Crippen molar-refractivity contribution in [3.8, 4) is 0 Å². The molecule has 0 unspecified atom stereocenters. The summed E-state index contributed by atoms with van der Waals surface area (Å²) in [5.74, 6) is 0. The van der Waals surface area contributed by atoms with Crippen molar-refractivity contribution in [1.29, 1.82) is 0 Å². The fourth-order valence-electron chi connectivity index (χ4n) is 2.06. The zero-order valence-corrected chi connectivity index (χ0v) is 10.5.